The Labute approximate surface area is 162 Å². The number of carbonyl (C=O) groups excluding carboxylic acids is 1. The quantitative estimate of drug-likeness (QED) is 0.609. The summed E-state index contributed by atoms with van der Waals surface area (Å²) >= 11 is 0. The monoisotopic (exact) mass is 398 g/mol. The number of amides is 1. The smallest absolute Gasteiger partial charge is 0.243 e. The number of carbonyl (C=O) groups is 1. The maximum Gasteiger partial charge on any atom is 0.243 e. The van der Waals surface area contributed by atoms with Crippen LogP contribution in [0.15, 0.2) is 23.1 Å². The molecule has 8 heteroatoms. The molecule has 0 unspecified atom stereocenters. The SMILES string of the molecule is CCCCCNC(=O)CCc1cc(S(=O)(=O)N2CCOCC2)ccc1OC. The van der Waals surface area contributed by atoms with E-state index in [9.17, 15) is 13.2 Å². The van der Waals surface area contributed by atoms with Gasteiger partial charge in [-0.25, -0.2) is 8.42 Å². The second-order valence-corrected chi connectivity index (χ2v) is 8.49. The van der Waals surface area contributed by atoms with Gasteiger partial charge >= 0.3 is 0 Å². The van der Waals surface area contributed by atoms with E-state index in [1.54, 1.807) is 25.3 Å². The normalized spacial score (nSPS) is 15.5. The molecule has 1 heterocycles. The zero-order valence-electron chi connectivity index (χ0n) is 16.2. The molecule has 0 atom stereocenters. The number of rotatable bonds is 10. The highest BCUT2D eigenvalue weighted by Gasteiger charge is 2.27. The summed E-state index contributed by atoms with van der Waals surface area (Å²) in [6, 6.07) is 4.83. The van der Waals surface area contributed by atoms with Gasteiger partial charge in [0, 0.05) is 26.1 Å². The fourth-order valence-corrected chi connectivity index (χ4v) is 4.45. The number of benzene rings is 1. The van der Waals surface area contributed by atoms with Crippen LogP contribution in [0.5, 0.6) is 5.75 Å². The van der Waals surface area contributed by atoms with Crippen LogP contribution in [0.3, 0.4) is 0 Å². The molecule has 1 aromatic rings. The third-order valence-electron chi connectivity index (χ3n) is 4.58. The Morgan fingerprint density at radius 2 is 2.00 bits per heavy atom. The molecule has 7 nitrogen and oxygen atoms in total. The number of sulfonamides is 1. The minimum absolute atomic E-state index is 0.0328. The second-order valence-electron chi connectivity index (χ2n) is 6.55. The van der Waals surface area contributed by atoms with Crippen molar-refractivity contribution in [1.29, 1.82) is 0 Å². The fraction of sp³-hybridized carbons (Fsp3) is 0.632. The molecule has 0 spiro atoms. The molecule has 27 heavy (non-hydrogen) atoms. The number of morpholine rings is 1. The van der Waals surface area contributed by atoms with Crippen molar-refractivity contribution in [2.24, 2.45) is 0 Å². The molecule has 1 aliphatic heterocycles. The van der Waals surface area contributed by atoms with E-state index in [2.05, 4.69) is 12.2 Å². The van der Waals surface area contributed by atoms with Crippen molar-refractivity contribution in [1.82, 2.24) is 9.62 Å². The summed E-state index contributed by atoms with van der Waals surface area (Å²) < 4.78 is 37.7. The highest BCUT2D eigenvalue weighted by atomic mass is 32.2. The third kappa shape index (κ3) is 6.19. The average molecular weight is 399 g/mol. The van der Waals surface area contributed by atoms with Crippen LogP contribution < -0.4 is 10.1 Å². The van der Waals surface area contributed by atoms with E-state index < -0.39 is 10.0 Å². The molecule has 0 radical (unpaired) electrons. The van der Waals surface area contributed by atoms with Crippen LogP contribution >= 0.6 is 0 Å². The van der Waals surface area contributed by atoms with Crippen molar-refractivity contribution in [3.8, 4) is 5.75 Å². The van der Waals surface area contributed by atoms with E-state index in [0.29, 0.717) is 51.4 Å². The first-order valence-corrected chi connectivity index (χ1v) is 10.9. The van der Waals surface area contributed by atoms with Gasteiger partial charge in [0.25, 0.3) is 0 Å². The first kappa shape index (κ1) is 21.7. The molecule has 0 aliphatic carbocycles. The summed E-state index contributed by atoms with van der Waals surface area (Å²) in [6.45, 7) is 4.30. The molecule has 1 aliphatic rings. The Balaban J connectivity index is 2.05. The topological polar surface area (TPSA) is 84.9 Å². The van der Waals surface area contributed by atoms with Crippen LogP contribution in [-0.4, -0.2) is 58.6 Å². The van der Waals surface area contributed by atoms with Crippen molar-refractivity contribution in [2.45, 2.75) is 43.9 Å². The van der Waals surface area contributed by atoms with Gasteiger partial charge in [0.2, 0.25) is 15.9 Å². The van der Waals surface area contributed by atoms with E-state index in [1.165, 1.54) is 4.31 Å². The summed E-state index contributed by atoms with van der Waals surface area (Å²) in [6.07, 6.45) is 3.89. The zero-order valence-corrected chi connectivity index (χ0v) is 17.0. The Kier molecular flexibility index (Phi) is 8.53. The highest BCUT2D eigenvalue weighted by Crippen LogP contribution is 2.26. The molecule has 1 amide bonds. The van der Waals surface area contributed by atoms with Crippen molar-refractivity contribution < 1.29 is 22.7 Å². The molecular weight excluding hydrogens is 368 g/mol. The lowest BCUT2D eigenvalue weighted by atomic mass is 10.1. The Bertz CT molecular complexity index is 715. The van der Waals surface area contributed by atoms with Gasteiger partial charge in [0.1, 0.15) is 5.75 Å². The van der Waals surface area contributed by atoms with E-state index in [4.69, 9.17) is 9.47 Å². The molecule has 1 N–H and O–H groups in total. The van der Waals surface area contributed by atoms with Crippen molar-refractivity contribution in [2.75, 3.05) is 40.0 Å². The van der Waals surface area contributed by atoms with Gasteiger partial charge in [-0.1, -0.05) is 19.8 Å². The largest absolute Gasteiger partial charge is 0.496 e. The standard InChI is InChI=1S/C19H30N2O5S/c1-3-4-5-10-20-19(22)9-6-16-15-17(7-8-18(16)25-2)27(23,24)21-11-13-26-14-12-21/h7-8,15H,3-6,9-14H2,1-2H3,(H,20,22). The van der Waals surface area contributed by atoms with Gasteiger partial charge in [-0.05, 0) is 36.6 Å². The Hall–Kier alpha value is -1.64. The fourth-order valence-electron chi connectivity index (χ4n) is 2.99. The van der Waals surface area contributed by atoms with Crippen LogP contribution in [0.4, 0.5) is 0 Å². The number of nitrogens with one attached hydrogen (secondary N) is 1. The first-order chi connectivity index (χ1) is 13.0. The van der Waals surface area contributed by atoms with Gasteiger partial charge in [0.15, 0.2) is 0 Å². The zero-order chi connectivity index (χ0) is 19.7. The molecule has 1 fully saturated rings. The summed E-state index contributed by atoms with van der Waals surface area (Å²) in [5, 5.41) is 2.90. The Morgan fingerprint density at radius 1 is 1.26 bits per heavy atom. The first-order valence-electron chi connectivity index (χ1n) is 9.50. The number of ether oxygens (including phenoxy) is 2. The van der Waals surface area contributed by atoms with Crippen molar-refractivity contribution in [3.05, 3.63) is 23.8 Å². The van der Waals surface area contributed by atoms with Crippen LogP contribution in [-0.2, 0) is 26.0 Å². The summed E-state index contributed by atoms with van der Waals surface area (Å²) in [5.74, 6) is 0.560. The van der Waals surface area contributed by atoms with Crippen LogP contribution in [0.2, 0.25) is 0 Å². The predicted molar refractivity (Wildman–Crippen MR) is 103 cm³/mol. The maximum atomic E-state index is 12.8. The number of hydrogen-bond donors (Lipinski definition) is 1. The molecule has 152 valence electrons. The maximum absolute atomic E-state index is 12.8. The van der Waals surface area contributed by atoms with E-state index in [1.807, 2.05) is 0 Å². The summed E-state index contributed by atoms with van der Waals surface area (Å²) in [4.78, 5) is 12.2. The van der Waals surface area contributed by atoms with E-state index >= 15 is 0 Å². The molecule has 1 aromatic carbocycles. The molecule has 0 bridgehead atoms. The van der Waals surface area contributed by atoms with Crippen molar-refractivity contribution >= 4 is 15.9 Å². The molecule has 1 saturated heterocycles. The summed E-state index contributed by atoms with van der Waals surface area (Å²) in [5.41, 5.74) is 0.718. The number of methoxy groups -OCH3 is 1. The lowest BCUT2D eigenvalue weighted by molar-refractivity contribution is -0.121. The predicted octanol–water partition coefficient (Wildman–Crippen LogP) is 1.96. The van der Waals surface area contributed by atoms with Crippen molar-refractivity contribution in [3.63, 3.8) is 0 Å². The molecule has 0 aromatic heterocycles. The van der Waals surface area contributed by atoms with Gasteiger partial charge in [0.05, 0.1) is 25.2 Å². The van der Waals surface area contributed by atoms with E-state index in [0.717, 1.165) is 24.8 Å². The van der Waals surface area contributed by atoms with Gasteiger partial charge in [-0.3, -0.25) is 4.79 Å². The van der Waals surface area contributed by atoms with Crippen LogP contribution in [0, 0.1) is 0 Å². The lowest BCUT2D eigenvalue weighted by Gasteiger charge is -2.26. The second kappa shape index (κ2) is 10.6. The minimum Gasteiger partial charge on any atom is -0.496 e. The molecular formula is C19H30N2O5S. The number of nitrogens with zero attached hydrogens (tertiary/aromatic N) is 1. The highest BCUT2D eigenvalue weighted by molar-refractivity contribution is 7.89. The average Bonchev–Trinajstić information content (AvgIpc) is 2.70. The van der Waals surface area contributed by atoms with E-state index in [-0.39, 0.29) is 10.8 Å². The number of unbranched alkanes of at least 4 members (excludes halogenated alkanes) is 2. The number of aryl methyl sites for hydroxylation is 1. The minimum atomic E-state index is -3.57. The van der Waals surface area contributed by atoms with Gasteiger partial charge < -0.3 is 14.8 Å². The molecule has 0 saturated carbocycles. The number of hydrogen-bond acceptors (Lipinski definition) is 5. The van der Waals surface area contributed by atoms with Gasteiger partial charge in [-0.15, -0.1) is 0 Å². The van der Waals surface area contributed by atoms with Crippen LogP contribution in [0.25, 0.3) is 0 Å². The third-order valence-corrected chi connectivity index (χ3v) is 6.48. The lowest BCUT2D eigenvalue weighted by Crippen LogP contribution is -2.40. The molecule has 2 rings (SSSR count). The Morgan fingerprint density at radius 3 is 2.67 bits per heavy atom. The summed E-state index contributed by atoms with van der Waals surface area (Å²) in [7, 11) is -2.03. The van der Waals surface area contributed by atoms with Crippen LogP contribution in [0.1, 0.15) is 38.2 Å². The van der Waals surface area contributed by atoms with Gasteiger partial charge in [-0.2, -0.15) is 4.31 Å².